The second kappa shape index (κ2) is 13.7. The number of hydrogen-bond acceptors (Lipinski definition) is 2. The number of benzene rings is 1. The normalized spacial score (nSPS) is 19.2. The van der Waals surface area contributed by atoms with E-state index in [2.05, 4.69) is 26.0 Å². The van der Waals surface area contributed by atoms with Gasteiger partial charge in [0.2, 0.25) is 0 Å². The molecule has 0 bridgehead atoms. The predicted octanol–water partition coefficient (Wildman–Crippen LogP) is 8.04. The van der Waals surface area contributed by atoms with Crippen molar-refractivity contribution in [2.24, 2.45) is 5.92 Å². The molecule has 1 aromatic carbocycles. The van der Waals surface area contributed by atoms with Gasteiger partial charge in [-0.3, -0.25) is 9.59 Å². The highest BCUT2D eigenvalue weighted by Crippen LogP contribution is 2.37. The molecule has 0 saturated heterocycles. The van der Waals surface area contributed by atoms with Gasteiger partial charge in [-0.25, -0.2) is 0 Å². The van der Waals surface area contributed by atoms with E-state index in [0.29, 0.717) is 17.9 Å². The number of hydrogen-bond donors (Lipinski definition) is 0. The summed E-state index contributed by atoms with van der Waals surface area (Å²) in [5.41, 5.74) is 2.06. The maximum atomic E-state index is 12.4. The maximum Gasteiger partial charge on any atom is 0.170 e. The van der Waals surface area contributed by atoms with Gasteiger partial charge in [0.15, 0.2) is 5.78 Å². The largest absolute Gasteiger partial charge is 0.299 e. The molecule has 0 amide bonds. The van der Waals surface area contributed by atoms with Crippen molar-refractivity contribution in [3.8, 4) is 0 Å². The van der Waals surface area contributed by atoms with Crippen LogP contribution in [-0.2, 0) is 4.79 Å². The fourth-order valence-electron chi connectivity index (χ4n) is 4.78. The van der Waals surface area contributed by atoms with Gasteiger partial charge < -0.3 is 0 Å². The molecule has 1 aromatic rings. The van der Waals surface area contributed by atoms with E-state index >= 15 is 0 Å². The van der Waals surface area contributed by atoms with Crippen molar-refractivity contribution < 1.29 is 9.59 Å². The van der Waals surface area contributed by atoms with Crippen molar-refractivity contribution in [1.29, 1.82) is 0 Å². The monoisotopic (exact) mass is 398 g/mol. The Labute approximate surface area is 178 Å². The summed E-state index contributed by atoms with van der Waals surface area (Å²) >= 11 is 0. The van der Waals surface area contributed by atoms with Gasteiger partial charge in [0.25, 0.3) is 0 Å². The Hall–Kier alpha value is -1.44. The topological polar surface area (TPSA) is 34.1 Å². The zero-order valence-corrected chi connectivity index (χ0v) is 18.9. The molecule has 0 spiro atoms. The van der Waals surface area contributed by atoms with E-state index in [0.717, 1.165) is 18.8 Å². The van der Waals surface area contributed by atoms with E-state index in [-0.39, 0.29) is 18.0 Å². The number of carbonyl (C=O) groups is 2. The first-order chi connectivity index (χ1) is 14.1. The Morgan fingerprint density at radius 3 is 2.03 bits per heavy atom. The van der Waals surface area contributed by atoms with E-state index in [1.807, 2.05) is 12.1 Å². The van der Waals surface area contributed by atoms with E-state index in [1.54, 1.807) is 0 Å². The van der Waals surface area contributed by atoms with E-state index in [1.165, 1.54) is 76.2 Å². The molecule has 0 radical (unpaired) electrons. The summed E-state index contributed by atoms with van der Waals surface area (Å²) in [7, 11) is 0. The molecule has 1 saturated carbocycles. The lowest BCUT2D eigenvalue weighted by Crippen LogP contribution is -2.13. The first-order valence-electron chi connectivity index (χ1n) is 12.3. The van der Waals surface area contributed by atoms with Gasteiger partial charge in [-0.1, -0.05) is 89.5 Å². The van der Waals surface area contributed by atoms with Crippen LogP contribution in [0.1, 0.15) is 132 Å². The summed E-state index contributed by atoms with van der Waals surface area (Å²) in [4.78, 5) is 24.6. The van der Waals surface area contributed by atoms with Gasteiger partial charge >= 0.3 is 0 Å². The Balaban J connectivity index is 1.68. The molecule has 2 heteroatoms. The van der Waals surface area contributed by atoms with Crippen molar-refractivity contribution in [3.05, 3.63) is 35.4 Å². The first-order valence-corrected chi connectivity index (χ1v) is 12.3. The van der Waals surface area contributed by atoms with Crippen LogP contribution in [0, 0.1) is 5.92 Å². The zero-order chi connectivity index (χ0) is 20.9. The molecule has 29 heavy (non-hydrogen) atoms. The summed E-state index contributed by atoms with van der Waals surface area (Å²) in [6.07, 6.45) is 16.9. The maximum absolute atomic E-state index is 12.4. The summed E-state index contributed by atoms with van der Waals surface area (Å²) in [5.74, 6) is 1.64. The average Bonchev–Trinajstić information content (AvgIpc) is 2.74. The minimum Gasteiger partial charge on any atom is -0.299 e. The number of unbranched alkanes of at least 4 members (excludes halogenated alkanes) is 6. The van der Waals surface area contributed by atoms with Gasteiger partial charge in [0.05, 0.1) is 6.42 Å². The summed E-state index contributed by atoms with van der Waals surface area (Å²) < 4.78 is 0. The lowest BCUT2D eigenvalue weighted by molar-refractivity contribution is -0.118. The summed E-state index contributed by atoms with van der Waals surface area (Å²) in [6, 6.07) is 8.13. The molecule has 0 atom stereocenters. The molecule has 0 heterocycles. The highest BCUT2D eigenvalue weighted by Gasteiger charge is 2.22. The highest BCUT2D eigenvalue weighted by molar-refractivity contribution is 6.07. The van der Waals surface area contributed by atoms with Crippen LogP contribution in [0.25, 0.3) is 0 Å². The molecule has 0 aliphatic heterocycles. The van der Waals surface area contributed by atoms with Crippen LogP contribution in [0.2, 0.25) is 0 Å². The summed E-state index contributed by atoms with van der Waals surface area (Å²) in [6.45, 7) is 4.50. The van der Waals surface area contributed by atoms with Crippen molar-refractivity contribution in [1.82, 2.24) is 0 Å². The quantitative estimate of drug-likeness (QED) is 0.180. The molecule has 0 aromatic heterocycles. The lowest BCUT2D eigenvalue weighted by atomic mass is 9.77. The van der Waals surface area contributed by atoms with E-state index < -0.39 is 0 Å². The van der Waals surface area contributed by atoms with Crippen molar-refractivity contribution in [2.45, 2.75) is 116 Å². The molecule has 1 aliphatic rings. The molecule has 0 N–H and O–H groups in total. The average molecular weight is 399 g/mol. The van der Waals surface area contributed by atoms with Crippen LogP contribution in [0.4, 0.5) is 0 Å². The minimum absolute atomic E-state index is 0.0175. The van der Waals surface area contributed by atoms with Gasteiger partial charge in [-0.15, -0.1) is 0 Å². The third kappa shape index (κ3) is 8.84. The molecule has 2 nitrogen and oxygen atoms in total. The highest BCUT2D eigenvalue weighted by atomic mass is 16.1. The number of rotatable bonds is 14. The Morgan fingerprint density at radius 1 is 0.793 bits per heavy atom. The van der Waals surface area contributed by atoms with E-state index in [4.69, 9.17) is 0 Å². The van der Waals surface area contributed by atoms with Crippen molar-refractivity contribution in [2.75, 3.05) is 0 Å². The van der Waals surface area contributed by atoms with E-state index in [9.17, 15) is 9.59 Å². The molecular weight excluding hydrogens is 356 g/mol. The third-order valence-corrected chi connectivity index (χ3v) is 6.66. The Morgan fingerprint density at radius 2 is 1.41 bits per heavy atom. The zero-order valence-electron chi connectivity index (χ0n) is 18.9. The van der Waals surface area contributed by atoms with Gasteiger partial charge in [-0.2, -0.15) is 0 Å². The fraction of sp³-hybridized carbons (Fsp3) is 0.704. The molecule has 1 aliphatic carbocycles. The number of Topliss-reactive ketones (excluding diaryl/α,β-unsaturated/α-hetero) is 2. The molecule has 162 valence electrons. The van der Waals surface area contributed by atoms with Crippen LogP contribution in [-0.4, -0.2) is 11.6 Å². The molecule has 0 unspecified atom stereocenters. The first kappa shape index (κ1) is 23.8. The Kier molecular flexibility index (Phi) is 11.3. The Bertz CT molecular complexity index is 593. The van der Waals surface area contributed by atoms with Crippen molar-refractivity contribution in [3.63, 3.8) is 0 Å². The number of carbonyl (C=O) groups excluding carboxylic acids is 2. The van der Waals surface area contributed by atoms with Crippen LogP contribution < -0.4 is 0 Å². The second-order valence-electron chi connectivity index (χ2n) is 9.14. The standard InChI is InChI=1S/C27H42O2/c1-3-5-6-7-8-9-10-12-26(28)21-27(29)25-19-17-24(18-20-25)23-15-13-22(11-4-2)14-16-23/h17-20,22-23H,3-16,21H2,1-2H3. The summed E-state index contributed by atoms with van der Waals surface area (Å²) in [5, 5.41) is 0. The predicted molar refractivity (Wildman–Crippen MR) is 123 cm³/mol. The van der Waals surface area contributed by atoms with Crippen LogP contribution in [0.3, 0.4) is 0 Å². The molecule has 2 rings (SSSR count). The second-order valence-corrected chi connectivity index (χ2v) is 9.14. The van der Waals surface area contributed by atoms with Crippen molar-refractivity contribution >= 4 is 11.6 Å². The minimum atomic E-state index is -0.0175. The van der Waals surface area contributed by atoms with Gasteiger partial charge in [-0.05, 0) is 49.5 Å². The van der Waals surface area contributed by atoms with Gasteiger partial charge in [0.1, 0.15) is 5.78 Å². The van der Waals surface area contributed by atoms with Crippen LogP contribution in [0.15, 0.2) is 24.3 Å². The van der Waals surface area contributed by atoms with Crippen LogP contribution >= 0.6 is 0 Å². The molecular formula is C27H42O2. The fourth-order valence-corrected chi connectivity index (χ4v) is 4.78. The van der Waals surface area contributed by atoms with Gasteiger partial charge in [0, 0.05) is 12.0 Å². The lowest BCUT2D eigenvalue weighted by Gasteiger charge is -2.28. The molecule has 1 fully saturated rings. The van der Waals surface area contributed by atoms with Crippen LogP contribution in [0.5, 0.6) is 0 Å². The SMILES string of the molecule is CCCCCCCCCC(=O)CC(=O)c1ccc(C2CCC(CCC)CC2)cc1. The smallest absolute Gasteiger partial charge is 0.170 e. The number of ketones is 2. The third-order valence-electron chi connectivity index (χ3n) is 6.66.